The first-order chi connectivity index (χ1) is 17.9. The van der Waals surface area contributed by atoms with E-state index >= 15 is 0 Å². The van der Waals surface area contributed by atoms with E-state index in [0.29, 0.717) is 29.9 Å². The zero-order valence-corrected chi connectivity index (χ0v) is 22.4. The van der Waals surface area contributed by atoms with E-state index in [9.17, 15) is 9.59 Å². The van der Waals surface area contributed by atoms with Gasteiger partial charge in [-0.2, -0.15) is 16.9 Å². The number of thioether (sulfide) groups is 1. The molecule has 2 aromatic heterocycles. The summed E-state index contributed by atoms with van der Waals surface area (Å²) in [5.41, 5.74) is 2.34. The zero-order valence-electron chi connectivity index (χ0n) is 21.6. The van der Waals surface area contributed by atoms with E-state index in [1.165, 1.54) is 0 Å². The van der Waals surface area contributed by atoms with Gasteiger partial charge in [-0.1, -0.05) is 0 Å². The Morgan fingerprint density at radius 2 is 2.05 bits per heavy atom. The van der Waals surface area contributed by atoms with E-state index < -0.39 is 5.54 Å². The third-order valence-corrected chi connectivity index (χ3v) is 8.56. The topological polar surface area (TPSA) is 119 Å². The third kappa shape index (κ3) is 4.36. The van der Waals surface area contributed by atoms with Crippen LogP contribution < -0.4 is 16.0 Å². The molecule has 4 aliphatic rings. The van der Waals surface area contributed by atoms with Crippen molar-refractivity contribution in [3.05, 3.63) is 41.0 Å². The molecule has 0 saturated heterocycles. The van der Waals surface area contributed by atoms with Gasteiger partial charge in [0.2, 0.25) is 11.9 Å². The standard InChI is InChI=1S/C26H34N8O2S/c1-15(2)34-22(10-16(3)32-34)30-25-31-28-14-33(25)26(24(36)27-12-17-4-5-17)20-13-37-9-8-19(20)11-21(26)29-23(35)18-6-7-18/h10-11,14-15,17-18H,4-9,12-13H2,1-3H3,(H,27,36)(H,29,35)(H,30,31). The van der Waals surface area contributed by atoms with Gasteiger partial charge < -0.3 is 16.0 Å². The second-order valence-corrected chi connectivity index (χ2v) is 12.0. The van der Waals surface area contributed by atoms with Gasteiger partial charge >= 0.3 is 0 Å². The van der Waals surface area contributed by atoms with Gasteiger partial charge in [-0.15, -0.1) is 10.2 Å². The highest BCUT2D eigenvalue weighted by Crippen LogP contribution is 2.48. The summed E-state index contributed by atoms with van der Waals surface area (Å²) in [5, 5.41) is 23.1. The number of nitrogens with zero attached hydrogens (tertiary/aromatic N) is 5. The van der Waals surface area contributed by atoms with Crippen LogP contribution in [0.5, 0.6) is 0 Å². The van der Waals surface area contributed by atoms with Gasteiger partial charge in [-0.3, -0.25) is 14.2 Å². The summed E-state index contributed by atoms with van der Waals surface area (Å²) >= 11 is 1.81. The van der Waals surface area contributed by atoms with Gasteiger partial charge in [0.05, 0.1) is 11.4 Å². The molecule has 0 bridgehead atoms. The number of aryl methyl sites for hydroxylation is 1. The molecule has 0 spiro atoms. The van der Waals surface area contributed by atoms with Crippen molar-refractivity contribution < 1.29 is 9.59 Å². The molecule has 3 N–H and O–H groups in total. The Hall–Kier alpha value is -3.08. The fourth-order valence-electron chi connectivity index (χ4n) is 5.26. The van der Waals surface area contributed by atoms with Crippen LogP contribution in [0.1, 0.15) is 57.7 Å². The molecule has 196 valence electrons. The van der Waals surface area contributed by atoms with E-state index in [1.807, 2.05) is 40.1 Å². The zero-order chi connectivity index (χ0) is 25.7. The Kier molecular flexibility index (Phi) is 6.13. The van der Waals surface area contributed by atoms with Gasteiger partial charge in [0.15, 0.2) is 5.54 Å². The Morgan fingerprint density at radius 1 is 1.24 bits per heavy atom. The predicted molar refractivity (Wildman–Crippen MR) is 142 cm³/mol. The quantitative estimate of drug-likeness (QED) is 0.463. The number of hydrogen-bond donors (Lipinski definition) is 3. The minimum Gasteiger partial charge on any atom is -0.353 e. The molecule has 2 aromatic rings. The molecule has 2 saturated carbocycles. The van der Waals surface area contributed by atoms with Crippen molar-refractivity contribution in [2.24, 2.45) is 11.8 Å². The number of hydrogen-bond acceptors (Lipinski definition) is 7. The van der Waals surface area contributed by atoms with E-state index in [2.05, 4.69) is 45.1 Å². The first-order valence-electron chi connectivity index (χ1n) is 13.2. The lowest BCUT2D eigenvalue weighted by molar-refractivity contribution is -0.127. The van der Waals surface area contributed by atoms with Crippen molar-refractivity contribution in [1.29, 1.82) is 0 Å². The molecule has 3 heterocycles. The molecule has 3 aliphatic carbocycles. The average molecular weight is 523 g/mol. The van der Waals surface area contributed by atoms with Crippen LogP contribution >= 0.6 is 11.8 Å². The highest BCUT2D eigenvalue weighted by Gasteiger charge is 2.54. The lowest BCUT2D eigenvalue weighted by Crippen LogP contribution is -2.55. The molecule has 6 rings (SSSR count). The fourth-order valence-corrected chi connectivity index (χ4v) is 6.37. The summed E-state index contributed by atoms with van der Waals surface area (Å²) in [6.07, 6.45) is 8.53. The van der Waals surface area contributed by atoms with E-state index in [1.54, 1.807) is 6.33 Å². The van der Waals surface area contributed by atoms with Gasteiger partial charge in [-0.25, -0.2) is 4.68 Å². The summed E-state index contributed by atoms with van der Waals surface area (Å²) in [7, 11) is 0. The Morgan fingerprint density at radius 3 is 2.78 bits per heavy atom. The van der Waals surface area contributed by atoms with Gasteiger partial charge in [0.1, 0.15) is 12.1 Å². The molecule has 11 heteroatoms. The molecule has 2 amide bonds. The fraction of sp³-hybridized carbons (Fsp3) is 0.577. The van der Waals surface area contributed by atoms with E-state index in [0.717, 1.165) is 60.5 Å². The largest absolute Gasteiger partial charge is 0.353 e. The SMILES string of the molecule is Cc1cc(Nc2nncn2C2(C(=O)NCC3CC3)C(NC(=O)C3CC3)=CC3=C2CSCC3)n(C(C)C)n1. The number of rotatable bonds is 9. The maximum absolute atomic E-state index is 14.3. The second-order valence-electron chi connectivity index (χ2n) is 10.9. The molecular weight excluding hydrogens is 488 g/mol. The third-order valence-electron chi connectivity index (χ3n) is 7.57. The van der Waals surface area contributed by atoms with Crippen molar-refractivity contribution in [1.82, 2.24) is 35.2 Å². The summed E-state index contributed by atoms with van der Waals surface area (Å²) < 4.78 is 3.71. The molecule has 0 aromatic carbocycles. The van der Waals surface area contributed by atoms with Crippen LogP contribution in [0.25, 0.3) is 0 Å². The predicted octanol–water partition coefficient (Wildman–Crippen LogP) is 3.19. The Labute approximate surface area is 220 Å². The minimum atomic E-state index is -1.26. The minimum absolute atomic E-state index is 0.0157. The maximum Gasteiger partial charge on any atom is 0.257 e. The lowest BCUT2D eigenvalue weighted by atomic mass is 9.87. The van der Waals surface area contributed by atoms with Crippen molar-refractivity contribution in [3.63, 3.8) is 0 Å². The van der Waals surface area contributed by atoms with Crippen LogP contribution in [0.3, 0.4) is 0 Å². The van der Waals surface area contributed by atoms with Crippen molar-refractivity contribution in [2.45, 2.75) is 64.5 Å². The molecule has 37 heavy (non-hydrogen) atoms. The van der Waals surface area contributed by atoms with Gasteiger partial charge in [-0.05, 0) is 81.8 Å². The number of anilines is 2. The van der Waals surface area contributed by atoms with Crippen LogP contribution in [0, 0.1) is 18.8 Å². The summed E-state index contributed by atoms with van der Waals surface area (Å²) in [6, 6.07) is 2.09. The van der Waals surface area contributed by atoms with E-state index in [-0.39, 0.29) is 23.8 Å². The Bertz CT molecular complexity index is 1300. The van der Waals surface area contributed by atoms with Crippen LogP contribution in [-0.4, -0.2) is 54.4 Å². The van der Waals surface area contributed by atoms with Crippen molar-refractivity contribution >= 4 is 35.3 Å². The number of allylic oxidation sites excluding steroid dienone is 2. The summed E-state index contributed by atoms with van der Waals surface area (Å²) in [4.78, 5) is 27.4. The molecule has 1 atom stereocenters. The first-order valence-corrected chi connectivity index (χ1v) is 14.4. The maximum atomic E-state index is 14.3. The molecule has 1 aliphatic heterocycles. The molecule has 1 unspecified atom stereocenters. The smallest absolute Gasteiger partial charge is 0.257 e. The summed E-state index contributed by atoms with van der Waals surface area (Å²) in [5.74, 6) is 3.26. The van der Waals surface area contributed by atoms with Gasteiger partial charge in [0, 0.05) is 30.3 Å². The van der Waals surface area contributed by atoms with Crippen LogP contribution in [-0.2, 0) is 15.1 Å². The Balaban J connectivity index is 1.46. The van der Waals surface area contributed by atoms with E-state index in [4.69, 9.17) is 0 Å². The first kappa shape index (κ1) is 24.3. The number of carbonyl (C=O) groups is 2. The second kappa shape index (κ2) is 9.34. The lowest BCUT2D eigenvalue weighted by Gasteiger charge is -2.37. The monoisotopic (exact) mass is 522 g/mol. The average Bonchev–Trinajstić information content (AvgIpc) is 3.79. The number of nitrogens with one attached hydrogen (secondary N) is 3. The molecule has 10 nitrogen and oxygen atoms in total. The van der Waals surface area contributed by atoms with Crippen molar-refractivity contribution in [2.75, 3.05) is 23.4 Å². The van der Waals surface area contributed by atoms with Gasteiger partial charge in [0.25, 0.3) is 5.91 Å². The highest BCUT2D eigenvalue weighted by molar-refractivity contribution is 7.99. The summed E-state index contributed by atoms with van der Waals surface area (Å²) in [6.45, 7) is 6.71. The normalized spacial score (nSPS) is 23.2. The number of aromatic nitrogens is 5. The molecule has 0 radical (unpaired) electrons. The highest BCUT2D eigenvalue weighted by atomic mass is 32.2. The van der Waals surface area contributed by atoms with Crippen LogP contribution in [0.15, 0.2) is 35.3 Å². The van der Waals surface area contributed by atoms with Crippen LogP contribution in [0.4, 0.5) is 11.8 Å². The number of amides is 2. The molecule has 2 fully saturated rings. The molecular formula is C26H34N8O2S. The van der Waals surface area contributed by atoms with Crippen molar-refractivity contribution in [3.8, 4) is 0 Å². The van der Waals surface area contributed by atoms with Crippen LogP contribution in [0.2, 0.25) is 0 Å². The number of carbonyl (C=O) groups excluding carboxylic acids is 2.